The van der Waals surface area contributed by atoms with Gasteiger partial charge in [0.1, 0.15) is 4.99 Å². The third-order valence-electron chi connectivity index (χ3n) is 2.95. The number of hydrogen-bond acceptors (Lipinski definition) is 4. The van der Waals surface area contributed by atoms with Gasteiger partial charge in [-0.1, -0.05) is 12.2 Å². The lowest BCUT2D eigenvalue weighted by atomic mass is 10.1. The average Bonchev–Trinajstić information content (AvgIpc) is 2.89. The Bertz CT molecular complexity index is 430. The highest BCUT2D eigenvalue weighted by Crippen LogP contribution is 2.29. The fourth-order valence-electron chi connectivity index (χ4n) is 1.86. The van der Waals surface area contributed by atoms with Gasteiger partial charge in [-0.25, -0.2) is 0 Å². The molecule has 98 valence electrons. The summed E-state index contributed by atoms with van der Waals surface area (Å²) < 4.78 is 16.3. The van der Waals surface area contributed by atoms with E-state index in [0.29, 0.717) is 29.0 Å². The van der Waals surface area contributed by atoms with Crippen molar-refractivity contribution in [2.75, 3.05) is 26.9 Å². The van der Waals surface area contributed by atoms with Gasteiger partial charge in [0, 0.05) is 18.1 Å². The molecule has 0 bridgehead atoms. The molecule has 2 rings (SSSR count). The molecule has 0 aliphatic carbocycles. The minimum atomic E-state index is 0.351. The van der Waals surface area contributed by atoms with Crippen molar-refractivity contribution in [3.8, 4) is 11.5 Å². The minimum absolute atomic E-state index is 0.351. The lowest BCUT2D eigenvalue weighted by Gasteiger charge is -2.14. The van der Waals surface area contributed by atoms with Crippen LogP contribution in [0.2, 0.25) is 0 Å². The molecule has 1 atom stereocenters. The van der Waals surface area contributed by atoms with Crippen LogP contribution in [0.15, 0.2) is 18.2 Å². The zero-order chi connectivity index (χ0) is 13.0. The van der Waals surface area contributed by atoms with Gasteiger partial charge in [0.2, 0.25) is 0 Å². The molecule has 0 amide bonds. The molecule has 1 unspecified atom stereocenters. The van der Waals surface area contributed by atoms with E-state index in [2.05, 4.69) is 0 Å². The predicted molar refractivity (Wildman–Crippen MR) is 73.3 cm³/mol. The van der Waals surface area contributed by atoms with Crippen LogP contribution >= 0.6 is 12.2 Å². The summed E-state index contributed by atoms with van der Waals surface area (Å²) in [7, 11) is 1.60. The molecular weight excluding hydrogens is 250 g/mol. The first kappa shape index (κ1) is 13.1. The van der Waals surface area contributed by atoms with E-state index in [0.717, 1.165) is 25.2 Å². The first-order chi connectivity index (χ1) is 8.70. The molecule has 0 aromatic heterocycles. The smallest absolute Gasteiger partial charge is 0.161 e. The molecule has 0 saturated carbocycles. The largest absolute Gasteiger partial charge is 0.493 e. The van der Waals surface area contributed by atoms with Crippen LogP contribution in [0.1, 0.15) is 12.0 Å². The Morgan fingerprint density at radius 3 is 2.94 bits per heavy atom. The Labute approximate surface area is 112 Å². The van der Waals surface area contributed by atoms with Crippen LogP contribution in [0.5, 0.6) is 11.5 Å². The highest BCUT2D eigenvalue weighted by atomic mass is 32.1. The topological polar surface area (TPSA) is 53.7 Å². The quantitative estimate of drug-likeness (QED) is 0.824. The zero-order valence-electron chi connectivity index (χ0n) is 10.3. The summed E-state index contributed by atoms with van der Waals surface area (Å²) in [4.78, 5) is 0.351. The molecule has 1 saturated heterocycles. The van der Waals surface area contributed by atoms with Crippen LogP contribution in [0.25, 0.3) is 0 Å². The molecule has 1 aliphatic heterocycles. The fraction of sp³-hybridized carbons (Fsp3) is 0.462. The molecule has 1 aromatic carbocycles. The van der Waals surface area contributed by atoms with E-state index in [1.807, 2.05) is 12.1 Å². The maximum atomic E-state index is 5.76. The van der Waals surface area contributed by atoms with E-state index in [-0.39, 0.29) is 0 Å². The number of thiocarbonyl (C=S) groups is 1. The fourth-order valence-corrected chi connectivity index (χ4v) is 1.99. The average molecular weight is 267 g/mol. The van der Waals surface area contributed by atoms with Gasteiger partial charge in [-0.15, -0.1) is 0 Å². The van der Waals surface area contributed by atoms with E-state index in [4.69, 9.17) is 32.2 Å². The van der Waals surface area contributed by atoms with Crippen molar-refractivity contribution in [2.24, 2.45) is 11.7 Å². The van der Waals surface area contributed by atoms with Crippen LogP contribution in [0.3, 0.4) is 0 Å². The summed E-state index contributed by atoms with van der Waals surface area (Å²) in [6.45, 7) is 2.24. The standard InChI is InChI=1S/C13H17NO3S/c1-15-12-6-10(13(14)18)2-3-11(12)17-8-9-4-5-16-7-9/h2-3,6,9H,4-5,7-8H2,1H3,(H2,14,18). The van der Waals surface area contributed by atoms with Crippen LogP contribution in [-0.2, 0) is 4.74 Å². The molecule has 4 nitrogen and oxygen atoms in total. The minimum Gasteiger partial charge on any atom is -0.493 e. The molecule has 5 heteroatoms. The number of rotatable bonds is 5. The molecule has 1 heterocycles. The second-order valence-electron chi connectivity index (χ2n) is 4.27. The van der Waals surface area contributed by atoms with E-state index in [1.165, 1.54) is 0 Å². The summed E-state index contributed by atoms with van der Waals surface area (Å²) >= 11 is 4.93. The van der Waals surface area contributed by atoms with Gasteiger partial charge in [-0.3, -0.25) is 0 Å². The van der Waals surface area contributed by atoms with Crippen LogP contribution < -0.4 is 15.2 Å². The third-order valence-corrected chi connectivity index (χ3v) is 3.18. The van der Waals surface area contributed by atoms with Gasteiger partial charge < -0.3 is 19.9 Å². The first-order valence-electron chi connectivity index (χ1n) is 5.89. The van der Waals surface area contributed by atoms with E-state index in [9.17, 15) is 0 Å². The Kier molecular flexibility index (Phi) is 4.38. The molecule has 1 fully saturated rings. The molecule has 2 N–H and O–H groups in total. The zero-order valence-corrected chi connectivity index (χ0v) is 11.2. The summed E-state index contributed by atoms with van der Waals surface area (Å²) in [6.07, 6.45) is 1.05. The van der Waals surface area contributed by atoms with E-state index >= 15 is 0 Å². The van der Waals surface area contributed by atoms with Crippen molar-refractivity contribution >= 4 is 17.2 Å². The van der Waals surface area contributed by atoms with Gasteiger partial charge >= 0.3 is 0 Å². The van der Waals surface area contributed by atoms with Crippen molar-refractivity contribution in [1.29, 1.82) is 0 Å². The number of benzene rings is 1. The Morgan fingerprint density at radius 2 is 2.33 bits per heavy atom. The molecule has 1 aliphatic rings. The summed E-state index contributed by atoms with van der Waals surface area (Å²) in [5, 5.41) is 0. The summed E-state index contributed by atoms with van der Waals surface area (Å²) in [6, 6.07) is 5.47. The highest BCUT2D eigenvalue weighted by molar-refractivity contribution is 7.80. The van der Waals surface area contributed by atoms with Gasteiger partial charge in [0.15, 0.2) is 11.5 Å². The van der Waals surface area contributed by atoms with E-state index < -0.39 is 0 Å². The number of methoxy groups -OCH3 is 1. The van der Waals surface area contributed by atoms with Gasteiger partial charge in [-0.2, -0.15) is 0 Å². The van der Waals surface area contributed by atoms with Crippen molar-refractivity contribution in [3.05, 3.63) is 23.8 Å². The number of ether oxygens (including phenoxy) is 3. The van der Waals surface area contributed by atoms with Crippen molar-refractivity contribution in [1.82, 2.24) is 0 Å². The number of nitrogens with two attached hydrogens (primary N) is 1. The highest BCUT2D eigenvalue weighted by Gasteiger charge is 2.17. The Morgan fingerprint density at radius 1 is 1.50 bits per heavy atom. The SMILES string of the molecule is COc1cc(C(N)=S)ccc1OCC1CCOC1. The van der Waals surface area contributed by atoms with Gasteiger partial charge in [0.25, 0.3) is 0 Å². The molecule has 1 aromatic rings. The summed E-state index contributed by atoms with van der Waals surface area (Å²) in [5.74, 6) is 1.83. The van der Waals surface area contributed by atoms with Crippen LogP contribution in [0, 0.1) is 5.92 Å². The predicted octanol–water partition coefficient (Wildman–Crippen LogP) is 1.74. The number of hydrogen-bond donors (Lipinski definition) is 1. The Balaban J connectivity index is 2.04. The molecule has 0 radical (unpaired) electrons. The Hall–Kier alpha value is -1.33. The first-order valence-corrected chi connectivity index (χ1v) is 6.30. The lowest BCUT2D eigenvalue weighted by molar-refractivity contribution is 0.165. The van der Waals surface area contributed by atoms with Crippen LogP contribution in [0.4, 0.5) is 0 Å². The lowest BCUT2D eigenvalue weighted by Crippen LogP contribution is -2.13. The monoisotopic (exact) mass is 267 g/mol. The second kappa shape index (κ2) is 6.02. The molecule has 18 heavy (non-hydrogen) atoms. The van der Waals surface area contributed by atoms with Crippen molar-refractivity contribution in [3.63, 3.8) is 0 Å². The van der Waals surface area contributed by atoms with Gasteiger partial charge in [0.05, 0.1) is 20.3 Å². The molecular formula is C13H17NO3S. The van der Waals surface area contributed by atoms with Crippen molar-refractivity contribution in [2.45, 2.75) is 6.42 Å². The second-order valence-corrected chi connectivity index (χ2v) is 4.71. The van der Waals surface area contributed by atoms with Crippen LogP contribution in [-0.4, -0.2) is 31.9 Å². The molecule has 0 spiro atoms. The van der Waals surface area contributed by atoms with E-state index in [1.54, 1.807) is 13.2 Å². The summed E-state index contributed by atoms with van der Waals surface area (Å²) in [5.41, 5.74) is 6.36. The maximum absolute atomic E-state index is 5.76. The van der Waals surface area contributed by atoms with Gasteiger partial charge in [-0.05, 0) is 24.6 Å². The normalized spacial score (nSPS) is 18.6. The third kappa shape index (κ3) is 3.11. The maximum Gasteiger partial charge on any atom is 0.161 e. The van der Waals surface area contributed by atoms with Crippen molar-refractivity contribution < 1.29 is 14.2 Å².